The molecule has 1 aliphatic heterocycles. The van der Waals surface area contributed by atoms with Crippen LogP contribution in [0.1, 0.15) is 67.2 Å². The normalized spacial score (nSPS) is 19.3. The van der Waals surface area contributed by atoms with E-state index >= 15 is 0 Å². The predicted molar refractivity (Wildman–Crippen MR) is 107 cm³/mol. The monoisotopic (exact) mass is 399 g/mol. The first-order chi connectivity index (χ1) is 12.9. The maximum Gasteiger partial charge on any atom is 0.333 e. The minimum absolute atomic E-state index is 0.0706. The number of ether oxygens (including phenoxy) is 3. The van der Waals surface area contributed by atoms with Crippen molar-refractivity contribution in [2.45, 2.75) is 78.6 Å². The van der Waals surface area contributed by atoms with Crippen molar-refractivity contribution in [1.82, 2.24) is 0 Å². The molecule has 0 saturated carbocycles. The van der Waals surface area contributed by atoms with Crippen LogP contribution in [0.25, 0.3) is 0 Å². The summed E-state index contributed by atoms with van der Waals surface area (Å²) in [4.78, 5) is 23.8. The fraction of sp³-hybridized carbons (Fsp3) is 0.857. The van der Waals surface area contributed by atoms with Crippen LogP contribution in [0, 0.1) is 27.9 Å². The van der Waals surface area contributed by atoms with E-state index in [-0.39, 0.29) is 19.6 Å². The minimum atomic E-state index is -1.48. The molecule has 28 heavy (non-hydrogen) atoms. The molecule has 0 atom stereocenters. The van der Waals surface area contributed by atoms with Gasteiger partial charge in [-0.15, -0.1) is 0 Å². The summed E-state index contributed by atoms with van der Waals surface area (Å²) in [6, 6.07) is 0. The van der Waals surface area contributed by atoms with Crippen LogP contribution in [0.3, 0.4) is 0 Å². The van der Waals surface area contributed by atoms with Crippen molar-refractivity contribution in [3.05, 3.63) is 21.8 Å². The summed E-state index contributed by atoms with van der Waals surface area (Å²) in [6.07, 6.45) is 4.54. The second kappa shape index (κ2) is 10.3. The van der Waals surface area contributed by atoms with E-state index in [1.54, 1.807) is 13.8 Å². The van der Waals surface area contributed by atoms with E-state index in [0.717, 1.165) is 12.8 Å². The van der Waals surface area contributed by atoms with Gasteiger partial charge in [0.15, 0.2) is 5.79 Å². The smallest absolute Gasteiger partial charge is 0.333 e. The standard InChI is InChI=1S/C21H37NO6/c1-15(2)10-17(11-16(3)4)8-9-18(19(23)26-7)12-21(22(24)25)13-27-20(5,6)28-14-21/h9,15-17H,8,10-14H2,1-7H3/b18-9+. The third-order valence-electron chi connectivity index (χ3n) is 5.04. The van der Waals surface area contributed by atoms with Crippen LogP contribution in [-0.4, -0.2) is 42.5 Å². The second-order valence-electron chi connectivity index (χ2n) is 9.22. The van der Waals surface area contributed by atoms with E-state index in [9.17, 15) is 14.9 Å². The second-order valence-corrected chi connectivity index (χ2v) is 9.22. The summed E-state index contributed by atoms with van der Waals surface area (Å²) in [5.41, 5.74) is -1.16. The molecule has 1 saturated heterocycles. The SMILES string of the molecule is COC(=O)/C(=C/CC(CC(C)C)CC(C)C)CC1([N+](=O)[O-])COC(C)(C)OC1. The third-order valence-corrected chi connectivity index (χ3v) is 5.04. The number of methoxy groups -OCH3 is 1. The first-order valence-electron chi connectivity index (χ1n) is 10.1. The van der Waals surface area contributed by atoms with Gasteiger partial charge in [0.1, 0.15) is 13.2 Å². The lowest BCUT2D eigenvalue weighted by molar-refractivity contribution is -0.595. The van der Waals surface area contributed by atoms with Gasteiger partial charge in [-0.25, -0.2) is 4.79 Å². The molecule has 7 heteroatoms. The molecule has 7 nitrogen and oxygen atoms in total. The molecule has 0 aliphatic carbocycles. The number of nitro groups is 1. The Bertz CT molecular complexity index is 547. The van der Waals surface area contributed by atoms with Crippen molar-refractivity contribution in [2.24, 2.45) is 17.8 Å². The number of hydrogen-bond donors (Lipinski definition) is 0. The van der Waals surface area contributed by atoms with Gasteiger partial charge in [-0.3, -0.25) is 10.1 Å². The zero-order chi connectivity index (χ0) is 21.5. The summed E-state index contributed by atoms with van der Waals surface area (Å²) in [6.45, 7) is 11.9. The fourth-order valence-corrected chi connectivity index (χ4v) is 3.62. The number of rotatable bonds is 10. The average Bonchev–Trinajstić information content (AvgIpc) is 2.58. The van der Waals surface area contributed by atoms with Crippen LogP contribution in [0.5, 0.6) is 0 Å². The number of hydrogen-bond acceptors (Lipinski definition) is 6. The number of allylic oxidation sites excluding steroid dienone is 1. The molecule has 0 amide bonds. The third kappa shape index (κ3) is 7.51. The highest BCUT2D eigenvalue weighted by molar-refractivity contribution is 5.88. The van der Waals surface area contributed by atoms with Crippen LogP contribution in [0.4, 0.5) is 0 Å². The van der Waals surface area contributed by atoms with Crippen molar-refractivity contribution < 1.29 is 23.9 Å². The van der Waals surface area contributed by atoms with E-state index in [4.69, 9.17) is 14.2 Å². The van der Waals surface area contributed by atoms with E-state index in [1.807, 2.05) is 6.08 Å². The molecule has 0 bridgehead atoms. The molecule has 0 N–H and O–H groups in total. The Kier molecular flexibility index (Phi) is 9.08. The molecule has 0 unspecified atom stereocenters. The first-order valence-corrected chi connectivity index (χ1v) is 10.1. The number of carbonyl (C=O) groups excluding carboxylic acids is 1. The average molecular weight is 400 g/mol. The molecular weight excluding hydrogens is 362 g/mol. The van der Waals surface area contributed by atoms with Crippen LogP contribution >= 0.6 is 0 Å². The molecule has 0 aromatic heterocycles. The van der Waals surface area contributed by atoms with Crippen molar-refractivity contribution in [3.63, 3.8) is 0 Å². The molecule has 1 fully saturated rings. The lowest BCUT2D eigenvalue weighted by Gasteiger charge is -2.38. The van der Waals surface area contributed by atoms with Gasteiger partial charge >= 0.3 is 5.97 Å². The number of carbonyl (C=O) groups is 1. The molecule has 1 heterocycles. The van der Waals surface area contributed by atoms with Gasteiger partial charge in [0.05, 0.1) is 13.5 Å². The Morgan fingerprint density at radius 1 is 1.14 bits per heavy atom. The maximum atomic E-state index is 12.3. The Morgan fingerprint density at radius 2 is 1.64 bits per heavy atom. The lowest BCUT2D eigenvalue weighted by Crippen LogP contribution is -2.56. The summed E-state index contributed by atoms with van der Waals surface area (Å²) < 4.78 is 16.0. The van der Waals surface area contributed by atoms with Gasteiger partial charge in [0, 0.05) is 10.5 Å². The Hall–Kier alpha value is -1.47. The van der Waals surface area contributed by atoms with Crippen LogP contribution in [0.2, 0.25) is 0 Å². The largest absolute Gasteiger partial charge is 0.466 e. The highest BCUT2D eigenvalue weighted by atomic mass is 16.7. The van der Waals surface area contributed by atoms with Crippen molar-refractivity contribution in [2.75, 3.05) is 20.3 Å². The molecule has 162 valence electrons. The fourth-order valence-electron chi connectivity index (χ4n) is 3.62. The van der Waals surface area contributed by atoms with Gasteiger partial charge in [-0.2, -0.15) is 0 Å². The van der Waals surface area contributed by atoms with E-state index in [1.165, 1.54) is 7.11 Å². The minimum Gasteiger partial charge on any atom is -0.466 e. The Morgan fingerprint density at radius 3 is 2.04 bits per heavy atom. The Labute approximate surface area is 168 Å². The van der Waals surface area contributed by atoms with Gasteiger partial charge in [0.25, 0.3) is 5.54 Å². The molecular formula is C21H37NO6. The van der Waals surface area contributed by atoms with Crippen LogP contribution < -0.4 is 0 Å². The summed E-state index contributed by atoms with van der Waals surface area (Å²) in [5.74, 6) is 0.120. The molecule has 1 rings (SSSR count). The predicted octanol–water partition coefficient (Wildman–Crippen LogP) is 4.37. The Balaban J connectivity index is 3.03. The van der Waals surface area contributed by atoms with Gasteiger partial charge in [-0.05, 0) is 50.9 Å². The summed E-state index contributed by atoms with van der Waals surface area (Å²) >= 11 is 0. The van der Waals surface area contributed by atoms with E-state index in [0.29, 0.717) is 29.7 Å². The molecule has 0 spiro atoms. The first kappa shape index (κ1) is 24.6. The summed E-state index contributed by atoms with van der Waals surface area (Å²) in [5, 5.41) is 11.8. The lowest BCUT2D eigenvalue weighted by atomic mass is 9.85. The van der Waals surface area contributed by atoms with E-state index < -0.39 is 22.2 Å². The molecule has 0 aromatic rings. The van der Waals surface area contributed by atoms with E-state index in [2.05, 4.69) is 27.7 Å². The van der Waals surface area contributed by atoms with Gasteiger partial charge in [-0.1, -0.05) is 33.8 Å². The van der Waals surface area contributed by atoms with Crippen LogP contribution in [0.15, 0.2) is 11.6 Å². The highest BCUT2D eigenvalue weighted by Gasteiger charge is 2.51. The molecule has 0 aromatic carbocycles. The highest BCUT2D eigenvalue weighted by Crippen LogP contribution is 2.32. The van der Waals surface area contributed by atoms with Crippen molar-refractivity contribution in [3.8, 4) is 0 Å². The zero-order valence-electron chi connectivity index (χ0n) is 18.4. The summed E-state index contributed by atoms with van der Waals surface area (Å²) in [7, 11) is 1.30. The van der Waals surface area contributed by atoms with Crippen LogP contribution in [-0.2, 0) is 19.0 Å². The number of nitrogens with zero attached hydrogens (tertiary/aromatic N) is 1. The molecule has 0 radical (unpaired) electrons. The van der Waals surface area contributed by atoms with Gasteiger partial charge < -0.3 is 14.2 Å². The van der Waals surface area contributed by atoms with Gasteiger partial charge in [0.2, 0.25) is 0 Å². The maximum absolute atomic E-state index is 12.3. The molecule has 1 aliphatic rings. The van der Waals surface area contributed by atoms with Crippen molar-refractivity contribution in [1.29, 1.82) is 0 Å². The zero-order valence-corrected chi connectivity index (χ0v) is 18.4. The topological polar surface area (TPSA) is 87.9 Å². The van der Waals surface area contributed by atoms with Crippen molar-refractivity contribution >= 4 is 5.97 Å². The number of esters is 1. The quantitative estimate of drug-likeness (QED) is 0.234.